The molecule has 16 heavy (non-hydrogen) atoms. The molecule has 2 heterocycles. The number of hydrogen-bond acceptors (Lipinski definition) is 6. The van der Waals surface area contributed by atoms with Crippen molar-refractivity contribution in [3.63, 3.8) is 0 Å². The summed E-state index contributed by atoms with van der Waals surface area (Å²) in [6.45, 7) is 1.93. The summed E-state index contributed by atoms with van der Waals surface area (Å²) in [4.78, 5) is 4.29. The van der Waals surface area contributed by atoms with E-state index in [1.54, 1.807) is 17.9 Å². The summed E-state index contributed by atoms with van der Waals surface area (Å²) in [5.41, 5.74) is 6.87. The molecular formula is C9H12N6S. The molecule has 0 aliphatic carbocycles. The van der Waals surface area contributed by atoms with Gasteiger partial charge < -0.3 is 5.73 Å². The molecule has 0 amide bonds. The summed E-state index contributed by atoms with van der Waals surface area (Å²) in [5, 5.41) is 12.8. The van der Waals surface area contributed by atoms with Crippen LogP contribution in [0.1, 0.15) is 18.5 Å². The molecular weight excluding hydrogens is 224 g/mol. The monoisotopic (exact) mass is 236 g/mol. The van der Waals surface area contributed by atoms with Gasteiger partial charge in [0.25, 0.3) is 0 Å². The van der Waals surface area contributed by atoms with E-state index in [0.717, 1.165) is 10.6 Å². The van der Waals surface area contributed by atoms with E-state index in [0.29, 0.717) is 5.16 Å². The molecule has 0 aliphatic heterocycles. The Morgan fingerprint density at radius 1 is 1.50 bits per heavy atom. The summed E-state index contributed by atoms with van der Waals surface area (Å²) >= 11 is 1.41. The summed E-state index contributed by atoms with van der Waals surface area (Å²) in [7, 11) is 1.79. The molecule has 0 bridgehead atoms. The molecule has 7 heteroatoms. The minimum Gasteiger partial charge on any atom is -0.324 e. The van der Waals surface area contributed by atoms with Crippen molar-refractivity contribution in [1.29, 1.82) is 0 Å². The van der Waals surface area contributed by atoms with Gasteiger partial charge in [-0.25, -0.2) is 9.67 Å². The normalized spacial score (nSPS) is 12.7. The van der Waals surface area contributed by atoms with E-state index in [4.69, 9.17) is 5.73 Å². The van der Waals surface area contributed by atoms with E-state index in [2.05, 4.69) is 20.5 Å². The van der Waals surface area contributed by atoms with Crippen LogP contribution in [0.2, 0.25) is 0 Å². The molecule has 2 rings (SSSR count). The Balaban J connectivity index is 2.31. The van der Waals surface area contributed by atoms with Gasteiger partial charge in [-0.05, 0) is 35.2 Å². The van der Waals surface area contributed by atoms with E-state index in [-0.39, 0.29) is 6.04 Å². The molecule has 1 atom stereocenters. The number of aromatic nitrogens is 5. The van der Waals surface area contributed by atoms with E-state index < -0.39 is 0 Å². The summed E-state index contributed by atoms with van der Waals surface area (Å²) in [6.07, 6.45) is 1.73. The van der Waals surface area contributed by atoms with Crippen molar-refractivity contribution in [1.82, 2.24) is 25.2 Å². The summed E-state index contributed by atoms with van der Waals surface area (Å²) in [5.74, 6) is 0. The topological polar surface area (TPSA) is 82.5 Å². The molecule has 0 fully saturated rings. The number of hydrogen-bond donors (Lipinski definition) is 1. The number of aryl methyl sites for hydroxylation is 1. The highest BCUT2D eigenvalue weighted by molar-refractivity contribution is 7.99. The molecule has 2 aromatic heterocycles. The quantitative estimate of drug-likeness (QED) is 0.847. The fraction of sp³-hybridized carbons (Fsp3) is 0.333. The fourth-order valence-electron chi connectivity index (χ4n) is 1.23. The summed E-state index contributed by atoms with van der Waals surface area (Å²) < 4.78 is 1.60. The Morgan fingerprint density at radius 3 is 2.94 bits per heavy atom. The third-order valence-corrected chi connectivity index (χ3v) is 3.12. The maximum atomic E-state index is 5.87. The Hall–Kier alpha value is -1.47. The van der Waals surface area contributed by atoms with Crippen LogP contribution >= 0.6 is 11.8 Å². The number of rotatable bonds is 3. The third-order valence-electron chi connectivity index (χ3n) is 2.06. The molecule has 2 aromatic rings. The van der Waals surface area contributed by atoms with Crippen molar-refractivity contribution in [2.75, 3.05) is 0 Å². The zero-order valence-corrected chi connectivity index (χ0v) is 9.85. The highest BCUT2D eigenvalue weighted by Crippen LogP contribution is 2.28. The molecule has 0 saturated heterocycles. The average Bonchev–Trinajstić information content (AvgIpc) is 2.65. The lowest BCUT2D eigenvalue weighted by Crippen LogP contribution is -2.07. The highest BCUT2D eigenvalue weighted by atomic mass is 32.2. The van der Waals surface area contributed by atoms with Gasteiger partial charge in [0.1, 0.15) is 5.03 Å². The van der Waals surface area contributed by atoms with E-state index in [1.165, 1.54) is 11.8 Å². The minimum absolute atomic E-state index is 0.0580. The Bertz CT molecular complexity index is 480. The van der Waals surface area contributed by atoms with Crippen LogP contribution in [0.3, 0.4) is 0 Å². The lowest BCUT2D eigenvalue weighted by molar-refractivity contribution is 0.663. The van der Waals surface area contributed by atoms with Crippen LogP contribution in [0.4, 0.5) is 0 Å². The molecule has 84 valence electrons. The average molecular weight is 236 g/mol. The zero-order valence-electron chi connectivity index (χ0n) is 9.03. The van der Waals surface area contributed by atoms with Gasteiger partial charge in [-0.2, -0.15) is 0 Å². The SMILES string of the molecule is C[C@H](N)c1cccnc1Sc1nnnn1C. The Labute approximate surface area is 97.2 Å². The second kappa shape index (κ2) is 4.58. The standard InChI is InChI=1S/C9H12N6S/c1-6(10)7-4-3-5-11-8(7)16-9-12-13-14-15(9)2/h3-6H,10H2,1-2H3/t6-/m0/s1. The lowest BCUT2D eigenvalue weighted by Gasteiger charge is -2.09. The van der Waals surface area contributed by atoms with Crippen LogP contribution in [0.5, 0.6) is 0 Å². The van der Waals surface area contributed by atoms with Crippen molar-refractivity contribution in [3.8, 4) is 0 Å². The van der Waals surface area contributed by atoms with Crippen LogP contribution in [0.25, 0.3) is 0 Å². The molecule has 0 radical (unpaired) electrons. The van der Waals surface area contributed by atoms with Crippen molar-refractivity contribution in [2.24, 2.45) is 12.8 Å². The molecule has 0 spiro atoms. The molecule has 2 N–H and O–H groups in total. The first-order valence-electron chi connectivity index (χ1n) is 4.79. The first-order valence-corrected chi connectivity index (χ1v) is 5.61. The Kier molecular flexibility index (Phi) is 3.16. The van der Waals surface area contributed by atoms with E-state index >= 15 is 0 Å². The molecule has 0 aliphatic rings. The predicted molar refractivity (Wildman–Crippen MR) is 59.8 cm³/mol. The predicted octanol–water partition coefficient (Wildman–Crippen LogP) is 0.776. The van der Waals surface area contributed by atoms with Crippen LogP contribution in [-0.4, -0.2) is 25.2 Å². The van der Waals surface area contributed by atoms with Gasteiger partial charge in [0.15, 0.2) is 0 Å². The number of tetrazole rings is 1. The van der Waals surface area contributed by atoms with Crippen LogP contribution in [-0.2, 0) is 7.05 Å². The maximum absolute atomic E-state index is 5.87. The smallest absolute Gasteiger partial charge is 0.215 e. The van der Waals surface area contributed by atoms with Crippen molar-refractivity contribution in [2.45, 2.75) is 23.1 Å². The third kappa shape index (κ3) is 2.20. The van der Waals surface area contributed by atoms with E-state index in [9.17, 15) is 0 Å². The van der Waals surface area contributed by atoms with Crippen molar-refractivity contribution in [3.05, 3.63) is 23.9 Å². The van der Waals surface area contributed by atoms with Gasteiger partial charge in [-0.15, -0.1) is 5.10 Å². The van der Waals surface area contributed by atoms with Crippen LogP contribution in [0.15, 0.2) is 28.5 Å². The maximum Gasteiger partial charge on any atom is 0.215 e. The van der Waals surface area contributed by atoms with Crippen LogP contribution < -0.4 is 5.73 Å². The first-order chi connectivity index (χ1) is 7.68. The van der Waals surface area contributed by atoms with E-state index in [1.807, 2.05) is 19.1 Å². The molecule has 6 nitrogen and oxygen atoms in total. The first kappa shape index (κ1) is 11.0. The molecule has 0 saturated carbocycles. The van der Waals surface area contributed by atoms with Gasteiger partial charge in [0, 0.05) is 24.8 Å². The fourth-order valence-corrected chi connectivity index (χ4v) is 2.13. The zero-order chi connectivity index (χ0) is 11.5. The summed E-state index contributed by atoms with van der Waals surface area (Å²) in [6, 6.07) is 3.78. The lowest BCUT2D eigenvalue weighted by atomic mass is 10.2. The van der Waals surface area contributed by atoms with Gasteiger partial charge in [-0.1, -0.05) is 6.07 Å². The van der Waals surface area contributed by atoms with Crippen LogP contribution in [0, 0.1) is 0 Å². The second-order valence-corrected chi connectivity index (χ2v) is 4.33. The van der Waals surface area contributed by atoms with Crippen molar-refractivity contribution < 1.29 is 0 Å². The van der Waals surface area contributed by atoms with Gasteiger partial charge in [-0.3, -0.25) is 0 Å². The minimum atomic E-state index is -0.0580. The highest BCUT2D eigenvalue weighted by Gasteiger charge is 2.12. The second-order valence-electron chi connectivity index (χ2n) is 3.37. The van der Waals surface area contributed by atoms with Crippen molar-refractivity contribution >= 4 is 11.8 Å². The molecule has 0 aromatic carbocycles. The number of nitrogens with two attached hydrogens (primary N) is 1. The number of nitrogens with zero attached hydrogens (tertiary/aromatic N) is 5. The van der Waals surface area contributed by atoms with Gasteiger partial charge in [0.05, 0.1) is 0 Å². The number of pyridine rings is 1. The van der Waals surface area contributed by atoms with Gasteiger partial charge >= 0.3 is 0 Å². The van der Waals surface area contributed by atoms with Gasteiger partial charge in [0.2, 0.25) is 5.16 Å². The Morgan fingerprint density at radius 2 is 2.31 bits per heavy atom. The molecule has 0 unspecified atom stereocenters. The largest absolute Gasteiger partial charge is 0.324 e.